The largest absolute Gasteiger partial charge is 0.275 e. The van der Waals surface area contributed by atoms with E-state index in [4.69, 9.17) is 0 Å². The first-order valence-corrected chi connectivity index (χ1v) is 4.06. The van der Waals surface area contributed by atoms with Crippen LogP contribution in [0.5, 0.6) is 0 Å². The van der Waals surface area contributed by atoms with Crippen LogP contribution in [0.1, 0.15) is 0 Å². The third-order valence-electron chi connectivity index (χ3n) is 0.117. The Morgan fingerprint density at radius 1 is 1.40 bits per heavy atom. The molecule has 0 atom stereocenters. The average molecular weight is 262 g/mol. The molecule has 5 heteroatoms. The van der Waals surface area contributed by atoms with Gasteiger partial charge in [-0.3, -0.25) is 0 Å². The summed E-state index contributed by atoms with van der Waals surface area (Å²) in [5, 5.41) is 0. The first-order chi connectivity index (χ1) is 2.27. The van der Waals surface area contributed by atoms with E-state index in [0.717, 1.165) is 5.99 Å². The van der Waals surface area contributed by atoms with Crippen molar-refractivity contribution in [2.24, 2.45) is 0 Å². The number of hydrogen-bond acceptors (Lipinski definition) is 0. The van der Waals surface area contributed by atoms with Crippen molar-refractivity contribution in [1.82, 2.24) is 0 Å². The van der Waals surface area contributed by atoms with Crippen molar-refractivity contribution >= 4 is 57.5 Å². The number of hydrogen-bond donors (Lipinski definition) is 0. The Morgan fingerprint density at radius 2 is 1.60 bits per heavy atom. The fraction of sp³-hybridized carbons (Fsp3) is 0. The van der Waals surface area contributed by atoms with Gasteiger partial charge in [-0.05, 0) is 0 Å². The molecule has 5 heavy (non-hydrogen) atoms. The normalized spacial score (nSPS) is 7.00. The molecule has 0 aromatic heterocycles. The highest BCUT2D eigenvalue weighted by Crippen LogP contribution is 2.01. The second-order valence-corrected chi connectivity index (χ2v) is 4.63. The quantitative estimate of drug-likeness (QED) is 0.628. The van der Waals surface area contributed by atoms with Gasteiger partial charge in [-0.1, -0.05) is 0 Å². The lowest BCUT2D eigenvalue weighted by molar-refractivity contribution is 4.42. The fourth-order valence-electron chi connectivity index (χ4n) is 0. The number of halogens is 3. The fourth-order valence-corrected chi connectivity index (χ4v) is 0. The molecule has 0 spiro atoms. The molecule has 0 saturated carbocycles. The minimum Gasteiger partial charge on any atom is -0.170 e. The summed E-state index contributed by atoms with van der Waals surface area (Å²) in [6.45, 7) is 0. The highest BCUT2D eigenvalue weighted by Gasteiger charge is 1.98. The zero-order valence-corrected chi connectivity index (χ0v) is 7.18. The molecule has 0 nitrogen and oxygen atoms in total. The zero-order chi connectivity index (χ0) is 4.28. The summed E-state index contributed by atoms with van der Waals surface area (Å²) in [5.41, 5.74) is 0. The van der Waals surface area contributed by atoms with E-state index in [1.807, 2.05) is 0 Å². The standard InChI is InChI=1S/B2Br3H/c3-1-2(4)5/h1H. The van der Waals surface area contributed by atoms with E-state index in [1.165, 1.54) is 0 Å². The molecular weight excluding hydrogens is 261 g/mol. The van der Waals surface area contributed by atoms with Crippen LogP contribution >= 0.6 is 47.3 Å². The van der Waals surface area contributed by atoms with Gasteiger partial charge in [0.05, 0.1) is 0 Å². The highest BCUT2D eigenvalue weighted by atomic mass is 79.9. The van der Waals surface area contributed by atoms with E-state index in [1.54, 1.807) is 0 Å². The van der Waals surface area contributed by atoms with Crippen LogP contribution in [0.15, 0.2) is 0 Å². The maximum Gasteiger partial charge on any atom is 0.275 e. The predicted octanol–water partition coefficient (Wildman–Crippen LogP) is 1.51. The second kappa shape index (κ2) is 3.75. The van der Waals surface area contributed by atoms with E-state index >= 15 is 0 Å². The van der Waals surface area contributed by atoms with Crippen LogP contribution in [0.3, 0.4) is 0 Å². The number of rotatable bonds is 1. The summed E-state index contributed by atoms with van der Waals surface area (Å²) in [6, 6.07) is 0. The van der Waals surface area contributed by atoms with Gasteiger partial charge in [0.25, 0.3) is 4.25 Å². The van der Waals surface area contributed by atoms with Gasteiger partial charge < -0.3 is 0 Å². The lowest BCUT2D eigenvalue weighted by Crippen LogP contribution is -1.94. The maximum absolute atomic E-state index is 3.24. The summed E-state index contributed by atoms with van der Waals surface area (Å²) in [5.74, 6) is 0.951. The Hall–Kier alpha value is 1.57. The van der Waals surface area contributed by atoms with Gasteiger partial charge in [0.15, 0.2) is 0 Å². The molecule has 0 rings (SSSR count). The Morgan fingerprint density at radius 3 is 1.60 bits per heavy atom. The Kier molecular flexibility index (Phi) is 4.93. The molecule has 0 amide bonds. The third kappa shape index (κ3) is 5.57. The molecule has 0 aliphatic heterocycles. The van der Waals surface area contributed by atoms with Crippen molar-refractivity contribution in [2.45, 2.75) is 0 Å². The van der Waals surface area contributed by atoms with Crippen molar-refractivity contribution in [3.8, 4) is 0 Å². The molecule has 0 saturated heterocycles. The van der Waals surface area contributed by atoms with Crippen LogP contribution in [0.25, 0.3) is 0 Å². The van der Waals surface area contributed by atoms with Crippen molar-refractivity contribution < 1.29 is 0 Å². The first kappa shape index (κ1) is 6.57. The monoisotopic (exact) mass is 260 g/mol. The minimum absolute atomic E-state index is 0.426. The van der Waals surface area contributed by atoms with Gasteiger partial charge >= 0.3 is 0 Å². The average Bonchev–Trinajstić information content (AvgIpc) is 1.38. The lowest BCUT2D eigenvalue weighted by atomic mass is 9.79. The first-order valence-electron chi connectivity index (χ1n) is 1.11. The smallest absolute Gasteiger partial charge is 0.170 e. The van der Waals surface area contributed by atoms with Gasteiger partial charge in [0.1, 0.15) is 0 Å². The Labute approximate surface area is 57.3 Å². The van der Waals surface area contributed by atoms with Gasteiger partial charge in [0.2, 0.25) is 5.99 Å². The zero-order valence-electron chi connectivity index (χ0n) is 2.42. The van der Waals surface area contributed by atoms with Gasteiger partial charge in [-0.15, -0.1) is 31.5 Å². The highest BCUT2D eigenvalue weighted by molar-refractivity contribution is 9.53. The molecular formula is HB2Br3. The molecule has 0 aliphatic rings. The summed E-state index contributed by atoms with van der Waals surface area (Å²) in [7, 11) is 0. The minimum atomic E-state index is 0.426. The van der Waals surface area contributed by atoms with E-state index in [2.05, 4.69) is 47.3 Å². The molecule has 0 aromatic carbocycles. The Bertz CT molecular complexity index is 18.9. The van der Waals surface area contributed by atoms with Crippen molar-refractivity contribution in [3.05, 3.63) is 0 Å². The third-order valence-corrected chi connectivity index (χ3v) is 3.15. The van der Waals surface area contributed by atoms with Crippen LogP contribution in [0, 0.1) is 0 Å². The maximum atomic E-state index is 3.24. The van der Waals surface area contributed by atoms with Crippen LogP contribution in [0.4, 0.5) is 0 Å². The van der Waals surface area contributed by atoms with Crippen LogP contribution < -0.4 is 0 Å². The Balaban J connectivity index is 2.54. The summed E-state index contributed by atoms with van der Waals surface area (Å²) in [4.78, 5) is 0. The van der Waals surface area contributed by atoms with Gasteiger partial charge in [-0.25, -0.2) is 0 Å². The van der Waals surface area contributed by atoms with Gasteiger partial charge in [-0.2, -0.15) is 15.8 Å². The molecule has 0 heterocycles. The van der Waals surface area contributed by atoms with Crippen LogP contribution in [0.2, 0.25) is 0 Å². The van der Waals surface area contributed by atoms with E-state index in [0.29, 0.717) is 4.25 Å². The molecule has 0 bridgehead atoms. The predicted molar refractivity (Wildman–Crippen MR) is 39.7 cm³/mol. The van der Waals surface area contributed by atoms with Crippen LogP contribution in [-0.2, 0) is 0 Å². The molecule has 0 unspecified atom stereocenters. The molecule has 28 valence electrons. The van der Waals surface area contributed by atoms with Crippen LogP contribution in [-0.4, -0.2) is 10.2 Å². The van der Waals surface area contributed by atoms with E-state index in [-0.39, 0.29) is 0 Å². The summed E-state index contributed by atoms with van der Waals surface area (Å²) in [6.07, 6.45) is 0. The molecule has 0 radical (unpaired) electrons. The molecule has 0 aliphatic carbocycles. The summed E-state index contributed by atoms with van der Waals surface area (Å²) < 4.78 is 0.426. The lowest BCUT2D eigenvalue weighted by Gasteiger charge is -1.74. The van der Waals surface area contributed by atoms with E-state index in [9.17, 15) is 0 Å². The SMILES string of the molecule is BrBB(Br)Br. The summed E-state index contributed by atoms with van der Waals surface area (Å²) >= 11 is 9.71. The molecule has 0 fully saturated rings. The van der Waals surface area contributed by atoms with Gasteiger partial charge in [0, 0.05) is 0 Å². The van der Waals surface area contributed by atoms with E-state index < -0.39 is 0 Å². The topological polar surface area (TPSA) is 0 Å². The molecule has 0 aromatic rings. The van der Waals surface area contributed by atoms with Crippen molar-refractivity contribution in [1.29, 1.82) is 0 Å². The second-order valence-electron chi connectivity index (χ2n) is 0.545. The van der Waals surface area contributed by atoms with Crippen molar-refractivity contribution in [2.75, 3.05) is 0 Å². The molecule has 0 N–H and O–H groups in total. The van der Waals surface area contributed by atoms with Crippen molar-refractivity contribution in [3.63, 3.8) is 0 Å².